The molecule has 0 aromatic rings. The average molecular weight is 209 g/mol. The first-order valence-corrected chi connectivity index (χ1v) is 4.57. The van der Waals surface area contributed by atoms with Crippen LogP contribution in [0.1, 0.15) is 13.3 Å². The molecule has 0 aromatic heterocycles. The summed E-state index contributed by atoms with van der Waals surface area (Å²) in [5, 5.41) is 2.62. The smallest absolute Gasteiger partial charge is 0.448 e. The molecule has 1 heterocycles. The minimum absolute atomic E-state index is 0.120. The molecule has 1 unspecified atom stereocenters. The van der Waals surface area contributed by atoms with E-state index in [1.54, 1.807) is 0 Å². The number of rotatable bonds is 3. The first-order chi connectivity index (χ1) is 6.37. The molecule has 1 atom stereocenters. The lowest BCUT2D eigenvalue weighted by Gasteiger charge is -2.23. The molecule has 14 heavy (non-hydrogen) atoms. The van der Waals surface area contributed by atoms with Gasteiger partial charge in [-0.3, -0.25) is 4.79 Å². The van der Waals surface area contributed by atoms with Crippen molar-refractivity contribution in [3.63, 3.8) is 0 Å². The lowest BCUT2D eigenvalue weighted by atomic mass is 9.91. The Balaban J connectivity index is 2.31. The van der Waals surface area contributed by atoms with Gasteiger partial charge in [-0.15, -0.1) is 0 Å². The fraction of sp³-hybridized carbons (Fsp3) is 0.857. The predicted octanol–water partition coefficient (Wildman–Crippen LogP) is 0.583. The van der Waals surface area contributed by atoms with Gasteiger partial charge in [0.05, 0.1) is 0 Å². The maximum atomic E-state index is 12.0. The first-order valence-electron chi connectivity index (χ1n) is 4.57. The fourth-order valence-electron chi connectivity index (χ4n) is 1.70. The predicted molar refractivity (Wildman–Crippen MR) is 47.7 cm³/mol. The average Bonchev–Trinajstić information content (AvgIpc) is 2.30. The van der Waals surface area contributed by atoms with Crippen molar-refractivity contribution in [2.45, 2.75) is 19.4 Å². The lowest BCUT2D eigenvalue weighted by molar-refractivity contribution is -0.119. The van der Waals surface area contributed by atoms with Crippen LogP contribution in [0.2, 0.25) is 0 Å². The Morgan fingerprint density at radius 3 is 2.71 bits per heavy atom. The standard InChI is InChI=1S/C7H13BF3N2O/c1-6(14)12-7-2-3-13(4-7)5-8(9,10)11/h7H,2-5H2,1H3,(H,12,14)/q-1. The molecule has 0 radical (unpaired) electrons. The Labute approximate surface area is 80.7 Å². The van der Waals surface area contributed by atoms with Crippen molar-refractivity contribution in [2.24, 2.45) is 0 Å². The summed E-state index contributed by atoms with van der Waals surface area (Å²) < 4.78 is 36.1. The highest BCUT2D eigenvalue weighted by Crippen LogP contribution is 2.15. The van der Waals surface area contributed by atoms with Crippen LogP contribution >= 0.6 is 0 Å². The second-order valence-corrected chi connectivity index (χ2v) is 3.66. The highest BCUT2D eigenvalue weighted by molar-refractivity contribution is 6.58. The zero-order valence-electron chi connectivity index (χ0n) is 7.97. The third-order valence-electron chi connectivity index (χ3n) is 2.14. The summed E-state index contributed by atoms with van der Waals surface area (Å²) in [4.78, 5) is 12.0. The third kappa shape index (κ3) is 4.00. The van der Waals surface area contributed by atoms with Gasteiger partial charge in [-0.25, -0.2) is 0 Å². The first kappa shape index (κ1) is 11.4. The fourth-order valence-corrected chi connectivity index (χ4v) is 1.70. The Morgan fingerprint density at radius 1 is 1.57 bits per heavy atom. The van der Waals surface area contributed by atoms with E-state index in [-0.39, 0.29) is 11.9 Å². The Hall–Kier alpha value is -0.715. The molecule has 1 N–H and O–H groups in total. The molecule has 7 heteroatoms. The normalized spacial score (nSPS) is 23.9. The van der Waals surface area contributed by atoms with Crippen LogP contribution in [0.25, 0.3) is 0 Å². The van der Waals surface area contributed by atoms with Gasteiger partial charge in [-0.05, 0) is 19.4 Å². The molecule has 0 aromatic carbocycles. The summed E-state index contributed by atoms with van der Waals surface area (Å²) in [6.45, 7) is -2.66. The molecule has 1 aliphatic heterocycles. The number of amides is 1. The van der Waals surface area contributed by atoms with Crippen molar-refractivity contribution < 1.29 is 17.7 Å². The van der Waals surface area contributed by atoms with Crippen LogP contribution in [0.15, 0.2) is 0 Å². The van der Waals surface area contributed by atoms with E-state index in [1.807, 2.05) is 0 Å². The zero-order chi connectivity index (χ0) is 10.8. The van der Waals surface area contributed by atoms with Crippen molar-refractivity contribution in [1.29, 1.82) is 0 Å². The second kappa shape index (κ2) is 4.21. The summed E-state index contributed by atoms with van der Waals surface area (Å²) in [7, 11) is 0. The molecule has 0 spiro atoms. The number of nitrogens with zero attached hydrogens (tertiary/aromatic N) is 1. The summed E-state index contributed by atoms with van der Waals surface area (Å²) in [5.41, 5.74) is 0. The topological polar surface area (TPSA) is 32.3 Å². The van der Waals surface area contributed by atoms with Crippen LogP contribution in [0.3, 0.4) is 0 Å². The Bertz CT molecular complexity index is 221. The monoisotopic (exact) mass is 209 g/mol. The number of carbonyl (C=O) groups is 1. The zero-order valence-corrected chi connectivity index (χ0v) is 7.97. The van der Waals surface area contributed by atoms with E-state index in [0.29, 0.717) is 19.5 Å². The summed E-state index contributed by atoms with van der Waals surface area (Å²) >= 11 is 0. The molecule has 1 saturated heterocycles. The quantitative estimate of drug-likeness (QED) is 0.689. The molecule has 1 aliphatic rings. The molecule has 0 aliphatic carbocycles. The Kier molecular flexibility index (Phi) is 3.41. The molecule has 0 saturated carbocycles. The lowest BCUT2D eigenvalue weighted by Crippen LogP contribution is -2.40. The molecule has 1 rings (SSSR count). The van der Waals surface area contributed by atoms with Gasteiger partial charge >= 0.3 is 6.98 Å². The van der Waals surface area contributed by atoms with E-state index < -0.39 is 13.4 Å². The number of hydrogen-bond acceptors (Lipinski definition) is 2. The van der Waals surface area contributed by atoms with Crippen molar-refractivity contribution >= 4 is 12.9 Å². The Morgan fingerprint density at radius 2 is 2.21 bits per heavy atom. The van der Waals surface area contributed by atoms with Crippen LogP contribution < -0.4 is 5.32 Å². The van der Waals surface area contributed by atoms with Gasteiger partial charge < -0.3 is 23.2 Å². The maximum Gasteiger partial charge on any atom is 0.492 e. The van der Waals surface area contributed by atoms with Crippen molar-refractivity contribution in [2.75, 3.05) is 19.5 Å². The van der Waals surface area contributed by atoms with Crippen LogP contribution in [0, 0.1) is 0 Å². The third-order valence-corrected chi connectivity index (χ3v) is 2.14. The molecule has 0 bridgehead atoms. The summed E-state index contributed by atoms with van der Waals surface area (Å²) in [6.07, 6.45) is -0.220. The highest BCUT2D eigenvalue weighted by atomic mass is 19.4. The molecular weight excluding hydrogens is 196 g/mol. The number of hydrogen-bond donors (Lipinski definition) is 1. The number of nitrogens with one attached hydrogen (secondary N) is 1. The van der Waals surface area contributed by atoms with Gasteiger partial charge in [0.25, 0.3) is 0 Å². The van der Waals surface area contributed by atoms with Gasteiger partial charge in [0.1, 0.15) is 0 Å². The van der Waals surface area contributed by atoms with E-state index in [1.165, 1.54) is 11.8 Å². The molecule has 3 nitrogen and oxygen atoms in total. The second-order valence-electron chi connectivity index (χ2n) is 3.66. The van der Waals surface area contributed by atoms with Gasteiger partial charge in [0, 0.05) is 19.5 Å². The van der Waals surface area contributed by atoms with Crippen molar-refractivity contribution in [3.8, 4) is 0 Å². The number of carbonyl (C=O) groups excluding carboxylic acids is 1. The van der Waals surface area contributed by atoms with Crippen LogP contribution in [-0.2, 0) is 4.79 Å². The molecule has 82 valence electrons. The molecule has 1 fully saturated rings. The number of likely N-dealkylation sites (tertiary alicyclic amines) is 1. The van der Waals surface area contributed by atoms with Gasteiger partial charge in [0.2, 0.25) is 5.91 Å². The minimum atomic E-state index is -4.75. The minimum Gasteiger partial charge on any atom is -0.448 e. The summed E-state index contributed by atoms with van der Waals surface area (Å²) in [5.74, 6) is -0.186. The van der Waals surface area contributed by atoms with Crippen LogP contribution in [-0.4, -0.2) is 43.4 Å². The molecular formula is C7H13BF3N2O-. The van der Waals surface area contributed by atoms with Crippen LogP contribution in [0.5, 0.6) is 0 Å². The van der Waals surface area contributed by atoms with E-state index >= 15 is 0 Å². The van der Waals surface area contributed by atoms with Gasteiger partial charge in [0.15, 0.2) is 0 Å². The van der Waals surface area contributed by atoms with E-state index in [0.717, 1.165) is 0 Å². The van der Waals surface area contributed by atoms with Gasteiger partial charge in [-0.2, -0.15) is 0 Å². The molecule has 1 amide bonds. The van der Waals surface area contributed by atoms with E-state index in [9.17, 15) is 17.7 Å². The largest absolute Gasteiger partial charge is 0.492 e. The number of halogens is 3. The SMILES string of the molecule is CC(=O)NC1CCN(C[B-](F)(F)F)C1. The van der Waals surface area contributed by atoms with Crippen LogP contribution in [0.4, 0.5) is 12.9 Å². The van der Waals surface area contributed by atoms with E-state index in [2.05, 4.69) is 5.32 Å². The van der Waals surface area contributed by atoms with Gasteiger partial charge in [-0.1, -0.05) is 0 Å². The van der Waals surface area contributed by atoms with Crippen molar-refractivity contribution in [1.82, 2.24) is 10.2 Å². The summed E-state index contributed by atoms with van der Waals surface area (Å²) in [6, 6.07) is -0.120. The van der Waals surface area contributed by atoms with E-state index in [4.69, 9.17) is 0 Å². The highest BCUT2D eigenvalue weighted by Gasteiger charge is 2.31. The maximum absolute atomic E-state index is 12.0. The van der Waals surface area contributed by atoms with Crippen molar-refractivity contribution in [3.05, 3.63) is 0 Å².